The summed E-state index contributed by atoms with van der Waals surface area (Å²) in [5.74, 6) is -6.33. The Morgan fingerprint density at radius 2 is 1.00 bits per heavy atom. The fraction of sp³-hybridized carbons (Fsp3) is 0.0513. The molecule has 0 saturated carbocycles. The molecule has 0 radical (unpaired) electrons. The maximum absolute atomic E-state index is 14.5. The molecule has 5 aromatic rings. The number of nitriles is 2. The van der Waals surface area contributed by atoms with Gasteiger partial charge in [0.05, 0.1) is 31.9 Å². The van der Waals surface area contributed by atoms with Gasteiger partial charge in [-0.25, -0.2) is 47.0 Å². The molecule has 2 aliphatic rings. The predicted octanol–water partition coefficient (Wildman–Crippen LogP) is 8.51. The molecule has 0 atom stereocenters. The fourth-order valence-corrected chi connectivity index (χ4v) is 6.87. The summed E-state index contributed by atoms with van der Waals surface area (Å²) in [4.78, 5) is 9.95. The molecule has 0 fully saturated rings. The van der Waals surface area contributed by atoms with Gasteiger partial charge in [0, 0.05) is 5.22 Å². The highest BCUT2D eigenvalue weighted by Gasteiger charge is 2.32. The molecule has 0 bridgehead atoms. The van der Waals surface area contributed by atoms with E-state index in [1.165, 1.54) is 0 Å². The lowest BCUT2D eigenvalue weighted by molar-refractivity contribution is 0.447. The summed E-state index contributed by atoms with van der Waals surface area (Å²) in [5, 5.41) is 20.9. The number of benzene rings is 5. The molecule has 49 heavy (non-hydrogen) atoms. The van der Waals surface area contributed by atoms with Crippen LogP contribution in [0.1, 0.15) is 22.3 Å². The SMILES string of the molecule is [C-]#[N+]/C(C#N)=c1/c2c(/c(=C(\C#N)[N+]#[C-])c3c1Cc1cc(-c4cc(F)c([N+]#[C-])c(F)c4)ccc1-3)-c1ccc(-c3cc(F)c(F)c(F)c3)cc1C2. The first-order chi connectivity index (χ1) is 23.6. The van der Waals surface area contributed by atoms with Crippen molar-refractivity contribution in [2.45, 2.75) is 12.8 Å². The quantitative estimate of drug-likeness (QED) is 0.107. The number of nitrogens with zero attached hydrogens (tertiary/aromatic N) is 5. The molecule has 0 aromatic heterocycles. The van der Waals surface area contributed by atoms with Crippen molar-refractivity contribution < 1.29 is 22.0 Å². The van der Waals surface area contributed by atoms with Crippen LogP contribution < -0.4 is 10.4 Å². The average molecular weight is 648 g/mol. The van der Waals surface area contributed by atoms with E-state index in [4.69, 9.17) is 19.7 Å². The molecule has 0 heterocycles. The summed E-state index contributed by atoms with van der Waals surface area (Å²) in [6.07, 6.45) is 0.303. The summed E-state index contributed by atoms with van der Waals surface area (Å²) in [7, 11) is 0. The van der Waals surface area contributed by atoms with Gasteiger partial charge in [-0.2, -0.15) is 0 Å². The third-order valence-corrected chi connectivity index (χ3v) is 8.88. The minimum absolute atomic E-state index is 0.0854. The molecule has 0 unspecified atom stereocenters. The first-order valence-electron chi connectivity index (χ1n) is 14.4. The van der Waals surface area contributed by atoms with Gasteiger partial charge in [-0.3, -0.25) is 0 Å². The van der Waals surface area contributed by atoms with Crippen LogP contribution in [0.5, 0.6) is 0 Å². The number of rotatable bonds is 2. The van der Waals surface area contributed by atoms with Crippen molar-refractivity contribution in [3.63, 3.8) is 0 Å². The van der Waals surface area contributed by atoms with E-state index < -0.39 is 34.8 Å². The van der Waals surface area contributed by atoms with E-state index in [9.17, 15) is 32.5 Å². The smallest absolute Gasteiger partial charge is 0.232 e. The highest BCUT2D eigenvalue weighted by molar-refractivity contribution is 5.94. The van der Waals surface area contributed by atoms with Crippen molar-refractivity contribution in [1.82, 2.24) is 0 Å². The maximum Gasteiger partial charge on any atom is 0.270 e. The van der Waals surface area contributed by atoms with Crippen LogP contribution in [0.25, 0.3) is 70.4 Å². The van der Waals surface area contributed by atoms with Gasteiger partial charge in [0.2, 0.25) is 0 Å². The lowest BCUT2D eigenvalue weighted by atomic mass is 9.90. The third-order valence-electron chi connectivity index (χ3n) is 8.88. The van der Waals surface area contributed by atoms with E-state index in [2.05, 4.69) is 14.5 Å². The van der Waals surface area contributed by atoms with Crippen LogP contribution in [-0.4, -0.2) is 0 Å². The Morgan fingerprint density at radius 1 is 0.571 bits per heavy atom. The second kappa shape index (κ2) is 11.3. The monoisotopic (exact) mass is 647 g/mol. The molecule has 5 aromatic carbocycles. The Kier molecular flexibility index (Phi) is 7.07. The lowest BCUT2D eigenvalue weighted by Gasteiger charge is -2.13. The zero-order valence-corrected chi connectivity index (χ0v) is 24.8. The van der Waals surface area contributed by atoms with E-state index in [0.717, 1.165) is 24.3 Å². The summed E-state index contributed by atoms with van der Waals surface area (Å²) < 4.78 is 71.0. The molecule has 230 valence electrons. The Labute approximate surface area is 275 Å². The fourth-order valence-electron chi connectivity index (χ4n) is 6.87. The number of hydrogen-bond donors (Lipinski definition) is 0. The van der Waals surface area contributed by atoms with Crippen molar-refractivity contribution in [2.24, 2.45) is 0 Å². The second-order valence-corrected chi connectivity index (χ2v) is 11.4. The molecule has 0 N–H and O–H groups in total. The zero-order chi connectivity index (χ0) is 34.7. The van der Waals surface area contributed by atoms with Crippen LogP contribution >= 0.6 is 0 Å². The van der Waals surface area contributed by atoms with E-state index >= 15 is 0 Å². The van der Waals surface area contributed by atoms with Crippen LogP contribution in [0.15, 0.2) is 60.7 Å². The maximum atomic E-state index is 14.5. The molecule has 5 nitrogen and oxygen atoms in total. The van der Waals surface area contributed by atoms with Crippen molar-refractivity contribution in [1.29, 1.82) is 10.5 Å². The number of fused-ring (bicyclic) bond motifs is 6. The molecular weight excluding hydrogens is 633 g/mol. The van der Waals surface area contributed by atoms with Gasteiger partial charge >= 0.3 is 0 Å². The summed E-state index contributed by atoms with van der Waals surface area (Å²) >= 11 is 0. The summed E-state index contributed by atoms with van der Waals surface area (Å²) in [5.41, 5.74) is 4.36. The van der Waals surface area contributed by atoms with Gasteiger partial charge in [0.1, 0.15) is 11.6 Å². The standard InChI is InChI=1S/C39H14F5N5/c1-47-32(16-45)34-26-10-22-8-18(20-12-28(40)38(44)29(41)13-20)4-6-24(22)35(26)37(33(17-46)48-2)36-25-7-5-19(9-23(25)11-27(34)36)21-14-30(42)39(49-3)31(43)15-21/h4-9,12-15H,10-11H2/b34-32-,37-33-. The van der Waals surface area contributed by atoms with Crippen molar-refractivity contribution in [2.75, 3.05) is 0 Å². The minimum atomic E-state index is -1.59. The van der Waals surface area contributed by atoms with E-state index in [1.54, 1.807) is 36.4 Å². The molecule has 0 amide bonds. The first kappa shape index (κ1) is 30.6. The van der Waals surface area contributed by atoms with Gasteiger partial charge in [-0.15, -0.1) is 0 Å². The Morgan fingerprint density at radius 3 is 1.41 bits per heavy atom. The molecule has 0 aliphatic heterocycles. The van der Waals surface area contributed by atoms with E-state index in [0.29, 0.717) is 66.1 Å². The van der Waals surface area contributed by atoms with Crippen molar-refractivity contribution >= 4 is 17.1 Å². The topological polar surface area (TPSA) is 60.7 Å². The van der Waals surface area contributed by atoms with Gasteiger partial charge in [0.25, 0.3) is 17.1 Å². The molecule has 2 aliphatic carbocycles. The second-order valence-electron chi connectivity index (χ2n) is 11.4. The van der Waals surface area contributed by atoms with Crippen LogP contribution in [0.3, 0.4) is 0 Å². The normalized spacial score (nSPS) is 13.0. The van der Waals surface area contributed by atoms with E-state index in [1.807, 2.05) is 12.1 Å². The Bertz CT molecular complexity index is 2650. The van der Waals surface area contributed by atoms with Gasteiger partial charge in [-0.1, -0.05) is 36.4 Å². The Balaban J connectivity index is 1.52. The first-order valence-corrected chi connectivity index (χ1v) is 14.4. The predicted molar refractivity (Wildman–Crippen MR) is 170 cm³/mol. The molecular formula is C39H14F5N5. The zero-order valence-electron chi connectivity index (χ0n) is 24.8. The molecule has 0 spiro atoms. The molecule has 7 rings (SSSR count). The highest BCUT2D eigenvalue weighted by Crippen LogP contribution is 2.43. The average Bonchev–Trinajstić information content (AvgIpc) is 3.66. The van der Waals surface area contributed by atoms with Crippen molar-refractivity contribution in [3.05, 3.63) is 157 Å². The third kappa shape index (κ3) is 4.54. The number of halogens is 5. The van der Waals surface area contributed by atoms with Gasteiger partial charge in [0.15, 0.2) is 17.5 Å². The molecule has 0 saturated heterocycles. The van der Waals surface area contributed by atoms with Crippen LogP contribution in [-0.2, 0) is 12.8 Å². The van der Waals surface area contributed by atoms with Gasteiger partial charge in [-0.05, 0) is 109 Å². The van der Waals surface area contributed by atoms with Crippen LogP contribution in [0.2, 0.25) is 0 Å². The highest BCUT2D eigenvalue weighted by atomic mass is 19.2. The van der Waals surface area contributed by atoms with Gasteiger partial charge < -0.3 is 0 Å². The van der Waals surface area contributed by atoms with Crippen molar-refractivity contribution in [3.8, 4) is 56.6 Å². The largest absolute Gasteiger partial charge is 0.270 e. The summed E-state index contributed by atoms with van der Waals surface area (Å²) in [6, 6.07) is 17.7. The number of hydrogen-bond acceptors (Lipinski definition) is 2. The van der Waals surface area contributed by atoms with E-state index in [-0.39, 0.29) is 35.4 Å². The minimum Gasteiger partial charge on any atom is -0.232 e. The summed E-state index contributed by atoms with van der Waals surface area (Å²) in [6.45, 7) is 22.8. The molecule has 10 heteroatoms. The Hall–Kier alpha value is -7.06. The van der Waals surface area contributed by atoms with Crippen LogP contribution in [0.4, 0.5) is 27.6 Å². The van der Waals surface area contributed by atoms with Crippen LogP contribution in [0, 0.1) is 71.5 Å². The lowest BCUT2D eigenvalue weighted by Crippen LogP contribution is -2.25.